The van der Waals surface area contributed by atoms with E-state index in [1.165, 1.54) is 0 Å². The summed E-state index contributed by atoms with van der Waals surface area (Å²) in [6, 6.07) is 18.3. The van der Waals surface area contributed by atoms with Crippen molar-refractivity contribution in [2.45, 2.75) is 17.2 Å². The summed E-state index contributed by atoms with van der Waals surface area (Å²) in [4.78, 5) is 12.9. The molecule has 0 radical (unpaired) electrons. The van der Waals surface area contributed by atoms with Crippen molar-refractivity contribution < 1.29 is 13.4 Å². The van der Waals surface area contributed by atoms with Gasteiger partial charge in [0.05, 0.1) is 16.6 Å². The van der Waals surface area contributed by atoms with Crippen LogP contribution in [0.2, 0.25) is 0 Å². The molecule has 0 aliphatic heterocycles. The summed E-state index contributed by atoms with van der Waals surface area (Å²) in [6.07, 6.45) is 0. The maximum absolute atomic E-state index is 12.4. The van der Waals surface area contributed by atoms with Gasteiger partial charge in [-0.2, -0.15) is 0 Å². The first kappa shape index (κ1) is 19.1. The third kappa shape index (κ3) is 5.16. The lowest BCUT2D eigenvalue weighted by Crippen LogP contribution is -2.22. The van der Waals surface area contributed by atoms with Crippen LogP contribution in [0.4, 0.5) is 0 Å². The minimum Gasteiger partial charge on any atom is -0.455 e. The van der Waals surface area contributed by atoms with E-state index >= 15 is 0 Å². The summed E-state index contributed by atoms with van der Waals surface area (Å²) in [7, 11) is -1.23. The highest BCUT2D eigenvalue weighted by Gasteiger charge is 2.13. The molecule has 0 aliphatic carbocycles. The van der Waals surface area contributed by atoms with Gasteiger partial charge in [-0.05, 0) is 54.1 Å². The topological polar surface area (TPSA) is 59.3 Å². The molecule has 3 aromatic rings. The molecule has 7 heteroatoms. The predicted molar refractivity (Wildman–Crippen MR) is 108 cm³/mol. The molecule has 0 aliphatic rings. The average molecular weight is 497 g/mol. The summed E-state index contributed by atoms with van der Waals surface area (Å²) in [5, 5.41) is 2.81. The Balaban J connectivity index is 1.59. The molecule has 1 aromatic heterocycles. The Labute approximate surface area is 170 Å². The summed E-state index contributed by atoms with van der Waals surface area (Å²) in [5.74, 6) is 0.646. The summed E-state index contributed by atoms with van der Waals surface area (Å²) in [6.45, 7) is 0.402. The Morgan fingerprint density at radius 3 is 2.50 bits per heavy atom. The minimum atomic E-state index is -1.23. The first-order valence-electron chi connectivity index (χ1n) is 7.76. The molecule has 134 valence electrons. The van der Waals surface area contributed by atoms with Gasteiger partial charge in [-0.25, -0.2) is 0 Å². The average Bonchev–Trinajstić information content (AvgIpc) is 3.09. The largest absolute Gasteiger partial charge is 0.455 e. The lowest BCUT2D eigenvalue weighted by Gasteiger charge is -2.04. The summed E-state index contributed by atoms with van der Waals surface area (Å²) < 4.78 is 19.8. The Morgan fingerprint density at radius 1 is 1.00 bits per heavy atom. The number of carbonyl (C=O) groups is 1. The van der Waals surface area contributed by atoms with Crippen LogP contribution in [-0.2, 0) is 23.1 Å². The highest BCUT2D eigenvalue weighted by molar-refractivity contribution is 9.10. The fourth-order valence-corrected chi connectivity index (χ4v) is 4.02. The number of hydrogen-bond donors (Lipinski definition) is 1. The number of hydrogen-bond acceptors (Lipinski definition) is 3. The van der Waals surface area contributed by atoms with Crippen LogP contribution in [0.5, 0.6) is 0 Å². The van der Waals surface area contributed by atoms with Crippen LogP contribution >= 0.6 is 31.9 Å². The number of rotatable bonds is 6. The van der Waals surface area contributed by atoms with Gasteiger partial charge in [-0.15, -0.1) is 0 Å². The Morgan fingerprint density at radius 2 is 1.77 bits per heavy atom. The van der Waals surface area contributed by atoms with Crippen molar-refractivity contribution in [3.8, 4) is 0 Å². The second-order valence-corrected chi connectivity index (χ2v) is 8.80. The van der Waals surface area contributed by atoms with Crippen LogP contribution in [0, 0.1) is 0 Å². The van der Waals surface area contributed by atoms with Crippen LogP contribution in [-0.4, -0.2) is 10.1 Å². The van der Waals surface area contributed by atoms with Crippen molar-refractivity contribution in [3.05, 3.63) is 86.7 Å². The number of nitrogens with one attached hydrogen (secondary N) is 1. The van der Waals surface area contributed by atoms with Crippen LogP contribution in [0.15, 0.2) is 78.9 Å². The zero-order chi connectivity index (χ0) is 18.5. The molecule has 3 rings (SSSR count). The molecular formula is C19H15Br2NO3S. The van der Waals surface area contributed by atoms with Gasteiger partial charge in [0, 0.05) is 20.4 Å². The van der Waals surface area contributed by atoms with E-state index in [4.69, 9.17) is 4.42 Å². The van der Waals surface area contributed by atoms with Gasteiger partial charge in [-0.3, -0.25) is 9.00 Å². The van der Waals surface area contributed by atoms with E-state index in [-0.39, 0.29) is 17.4 Å². The molecule has 0 spiro atoms. The van der Waals surface area contributed by atoms with Crippen molar-refractivity contribution in [1.82, 2.24) is 5.32 Å². The van der Waals surface area contributed by atoms with Crippen molar-refractivity contribution in [2.24, 2.45) is 0 Å². The second-order valence-electron chi connectivity index (χ2n) is 5.52. The van der Waals surface area contributed by atoms with Crippen molar-refractivity contribution in [2.75, 3.05) is 0 Å². The van der Waals surface area contributed by atoms with E-state index in [0.29, 0.717) is 17.2 Å². The van der Waals surface area contributed by atoms with Gasteiger partial charge in [-0.1, -0.05) is 44.0 Å². The van der Waals surface area contributed by atoms with Crippen molar-refractivity contribution in [1.29, 1.82) is 0 Å². The highest BCUT2D eigenvalue weighted by atomic mass is 79.9. The molecular weight excluding hydrogens is 482 g/mol. The number of amides is 1. The molecule has 2 aromatic carbocycles. The lowest BCUT2D eigenvalue weighted by atomic mass is 10.2. The van der Waals surface area contributed by atoms with E-state index in [0.717, 1.165) is 14.5 Å². The molecule has 0 fully saturated rings. The molecule has 1 atom stereocenters. The van der Waals surface area contributed by atoms with E-state index in [1.54, 1.807) is 24.3 Å². The Bertz CT molecular complexity index is 938. The summed E-state index contributed by atoms with van der Waals surface area (Å²) in [5.41, 5.74) is 0.982. The fourth-order valence-electron chi connectivity index (χ4n) is 2.29. The number of benzene rings is 2. The molecule has 1 amide bonds. The minimum absolute atomic E-state index is 0.211. The molecule has 0 bridgehead atoms. The number of furan rings is 1. The maximum Gasteiger partial charge on any atom is 0.287 e. The molecule has 1 unspecified atom stereocenters. The van der Waals surface area contributed by atoms with E-state index in [1.807, 2.05) is 36.4 Å². The second kappa shape index (κ2) is 8.79. The third-order valence-corrected chi connectivity index (χ3v) is 5.94. The fraction of sp³-hybridized carbons (Fsp3) is 0.105. The predicted octanol–water partition coefficient (Wildman–Crippen LogP) is 5.04. The molecule has 26 heavy (non-hydrogen) atoms. The van der Waals surface area contributed by atoms with Gasteiger partial charge in [0.2, 0.25) is 0 Å². The zero-order valence-corrected chi connectivity index (χ0v) is 17.6. The maximum atomic E-state index is 12.4. The van der Waals surface area contributed by atoms with Crippen molar-refractivity contribution >= 4 is 48.6 Å². The van der Waals surface area contributed by atoms with Crippen LogP contribution < -0.4 is 5.32 Å². The SMILES string of the molecule is O=C(NCc1cccc(Br)c1)c1ccc(CS(=O)c2ccc(Br)cc2)o1. The highest BCUT2D eigenvalue weighted by Crippen LogP contribution is 2.18. The molecule has 1 heterocycles. The van der Waals surface area contributed by atoms with Gasteiger partial charge in [0.15, 0.2) is 5.76 Å². The van der Waals surface area contributed by atoms with Gasteiger partial charge >= 0.3 is 0 Å². The number of carbonyl (C=O) groups excluding carboxylic acids is 1. The monoisotopic (exact) mass is 495 g/mol. The molecule has 0 saturated carbocycles. The number of halogens is 2. The van der Waals surface area contributed by atoms with Crippen molar-refractivity contribution in [3.63, 3.8) is 0 Å². The van der Waals surface area contributed by atoms with E-state index in [2.05, 4.69) is 37.2 Å². The molecule has 1 N–H and O–H groups in total. The normalized spacial score (nSPS) is 11.9. The smallest absolute Gasteiger partial charge is 0.287 e. The summed E-state index contributed by atoms with van der Waals surface area (Å²) >= 11 is 6.75. The molecule has 0 saturated heterocycles. The van der Waals surface area contributed by atoms with Crippen LogP contribution in [0.25, 0.3) is 0 Å². The molecule has 4 nitrogen and oxygen atoms in total. The zero-order valence-electron chi connectivity index (χ0n) is 13.6. The van der Waals surface area contributed by atoms with E-state index in [9.17, 15) is 9.00 Å². The quantitative estimate of drug-likeness (QED) is 0.519. The first-order chi connectivity index (χ1) is 12.5. The van der Waals surface area contributed by atoms with Gasteiger partial charge in [0.25, 0.3) is 5.91 Å². The standard InChI is InChI=1S/C19H15Br2NO3S/c20-14-4-7-17(8-5-14)26(24)12-16-6-9-18(25-16)19(23)22-11-13-2-1-3-15(21)10-13/h1-10H,11-12H2,(H,22,23). The first-order valence-corrected chi connectivity index (χ1v) is 10.7. The third-order valence-electron chi connectivity index (χ3n) is 3.58. The van der Waals surface area contributed by atoms with Crippen LogP contribution in [0.1, 0.15) is 21.9 Å². The van der Waals surface area contributed by atoms with Crippen LogP contribution in [0.3, 0.4) is 0 Å². The van der Waals surface area contributed by atoms with Gasteiger partial charge < -0.3 is 9.73 Å². The Kier molecular flexibility index (Phi) is 6.45. The lowest BCUT2D eigenvalue weighted by molar-refractivity contribution is 0.0921. The van der Waals surface area contributed by atoms with Gasteiger partial charge in [0.1, 0.15) is 5.76 Å². The van der Waals surface area contributed by atoms with E-state index < -0.39 is 10.8 Å². The Hall–Kier alpha value is -1.70.